The zero-order chi connectivity index (χ0) is 20.2. The van der Waals surface area contributed by atoms with Crippen molar-refractivity contribution in [3.05, 3.63) is 52.5 Å². The van der Waals surface area contributed by atoms with E-state index in [0.29, 0.717) is 27.6 Å². The fraction of sp³-hybridized carbons (Fsp3) is 0.278. The Labute approximate surface area is 168 Å². The Morgan fingerprint density at radius 3 is 2.48 bits per heavy atom. The smallest absolute Gasteiger partial charge is 0.261 e. The minimum atomic E-state index is -4.01. The molecule has 2 rings (SSSR count). The molecule has 0 aliphatic carbocycles. The lowest BCUT2D eigenvalue weighted by Crippen LogP contribution is -2.49. The summed E-state index contributed by atoms with van der Waals surface area (Å²) < 4.78 is 27.9. The summed E-state index contributed by atoms with van der Waals surface area (Å²) in [5.74, 6) is -1.13. The molecule has 9 heteroatoms. The summed E-state index contributed by atoms with van der Waals surface area (Å²) in [6.07, 6.45) is 0.543. The molecule has 3 N–H and O–H groups in total. The second-order valence-electron chi connectivity index (χ2n) is 6.11. The van der Waals surface area contributed by atoms with Crippen molar-refractivity contribution in [3.63, 3.8) is 0 Å². The molecular weight excluding hydrogens is 411 g/mol. The first-order valence-corrected chi connectivity index (χ1v) is 10.4. The molecule has 146 valence electrons. The number of halogens is 2. The molecule has 0 aliphatic rings. The number of rotatable bonds is 7. The molecule has 0 bridgehead atoms. The molecule has 6 nitrogen and oxygen atoms in total. The van der Waals surface area contributed by atoms with Crippen molar-refractivity contribution in [3.8, 4) is 11.1 Å². The van der Waals surface area contributed by atoms with Gasteiger partial charge < -0.3 is 0 Å². The fourth-order valence-corrected chi connectivity index (χ4v) is 4.39. The Bertz CT molecular complexity index is 935. The summed E-state index contributed by atoms with van der Waals surface area (Å²) in [4.78, 5) is 11.8. The first-order chi connectivity index (χ1) is 12.7. The molecular formula is C18H20Cl2N2O4S. The van der Waals surface area contributed by atoms with E-state index in [2.05, 4.69) is 4.72 Å². The van der Waals surface area contributed by atoms with Crippen molar-refractivity contribution >= 4 is 39.1 Å². The van der Waals surface area contributed by atoms with Crippen molar-refractivity contribution in [2.45, 2.75) is 31.2 Å². The molecule has 0 unspecified atom stereocenters. The first kappa shape index (κ1) is 21.7. The first-order valence-electron chi connectivity index (χ1n) is 8.21. The molecule has 0 radical (unpaired) electrons. The Balaban J connectivity index is 2.40. The van der Waals surface area contributed by atoms with Crippen LogP contribution in [-0.2, 0) is 14.8 Å². The third-order valence-corrected chi connectivity index (χ3v) is 6.26. The van der Waals surface area contributed by atoms with Gasteiger partial charge in [-0.05, 0) is 35.7 Å². The largest absolute Gasteiger partial charge is 0.289 e. The van der Waals surface area contributed by atoms with E-state index in [4.69, 9.17) is 28.4 Å². The fourth-order valence-electron chi connectivity index (χ4n) is 2.52. The maximum Gasteiger partial charge on any atom is 0.261 e. The average Bonchev–Trinajstić information content (AvgIpc) is 2.65. The Morgan fingerprint density at radius 2 is 1.89 bits per heavy atom. The summed E-state index contributed by atoms with van der Waals surface area (Å²) in [5.41, 5.74) is 2.73. The molecule has 0 aromatic heterocycles. The van der Waals surface area contributed by atoms with Crippen molar-refractivity contribution in [2.75, 3.05) is 0 Å². The van der Waals surface area contributed by atoms with E-state index >= 15 is 0 Å². The van der Waals surface area contributed by atoms with Gasteiger partial charge in [0.15, 0.2) is 0 Å². The highest BCUT2D eigenvalue weighted by Gasteiger charge is 2.29. The van der Waals surface area contributed by atoms with Gasteiger partial charge in [-0.25, -0.2) is 13.9 Å². The van der Waals surface area contributed by atoms with Gasteiger partial charge in [0.05, 0.1) is 4.90 Å². The Kier molecular flexibility index (Phi) is 7.25. The standard InChI is InChI=1S/C18H20Cl2N2O4S/c1-3-11(2)17(18(23)21-24)22-27(25,26)14-6-4-5-12(9-14)15-8-7-13(19)10-16(15)20/h4-11,17,22,24H,3H2,1-2H3,(H,21,23)/t11-,17-/m0/s1. The molecule has 0 spiro atoms. The van der Waals surface area contributed by atoms with E-state index < -0.39 is 22.0 Å². The molecule has 0 aliphatic heterocycles. The zero-order valence-electron chi connectivity index (χ0n) is 14.7. The van der Waals surface area contributed by atoms with E-state index in [1.807, 2.05) is 6.92 Å². The Hall–Kier alpha value is -1.64. The minimum Gasteiger partial charge on any atom is -0.289 e. The summed E-state index contributed by atoms with van der Waals surface area (Å²) in [6, 6.07) is 10.0. The van der Waals surface area contributed by atoms with Crippen LogP contribution in [0.3, 0.4) is 0 Å². The second kappa shape index (κ2) is 9.03. The number of sulfonamides is 1. The second-order valence-corrected chi connectivity index (χ2v) is 8.67. The van der Waals surface area contributed by atoms with Crippen LogP contribution in [0.5, 0.6) is 0 Å². The molecule has 2 aromatic rings. The highest BCUT2D eigenvalue weighted by Crippen LogP contribution is 2.31. The maximum absolute atomic E-state index is 12.8. The number of nitrogens with one attached hydrogen (secondary N) is 2. The van der Waals surface area contributed by atoms with Gasteiger partial charge in [0.2, 0.25) is 10.0 Å². The predicted molar refractivity (Wildman–Crippen MR) is 105 cm³/mol. The normalized spacial score (nSPS) is 13.8. The van der Waals surface area contributed by atoms with E-state index in [0.717, 1.165) is 0 Å². The number of hydroxylamine groups is 1. The van der Waals surface area contributed by atoms with Gasteiger partial charge in [-0.3, -0.25) is 10.0 Å². The van der Waals surface area contributed by atoms with Crippen LogP contribution in [-0.4, -0.2) is 25.6 Å². The number of benzene rings is 2. The number of hydrogen-bond acceptors (Lipinski definition) is 4. The van der Waals surface area contributed by atoms with Crippen molar-refractivity contribution < 1.29 is 18.4 Å². The van der Waals surface area contributed by atoms with Crippen LogP contribution in [0.25, 0.3) is 11.1 Å². The van der Waals surface area contributed by atoms with Gasteiger partial charge in [-0.15, -0.1) is 0 Å². The van der Waals surface area contributed by atoms with E-state index in [1.165, 1.54) is 17.6 Å². The van der Waals surface area contributed by atoms with Crippen LogP contribution in [0, 0.1) is 5.92 Å². The quantitative estimate of drug-likeness (QED) is 0.458. The molecule has 0 saturated heterocycles. The van der Waals surface area contributed by atoms with Crippen LogP contribution in [0.15, 0.2) is 47.4 Å². The number of carbonyl (C=O) groups excluding carboxylic acids is 1. The van der Waals surface area contributed by atoms with Crippen LogP contribution >= 0.6 is 23.2 Å². The van der Waals surface area contributed by atoms with Gasteiger partial charge in [-0.1, -0.05) is 61.7 Å². The summed E-state index contributed by atoms with van der Waals surface area (Å²) in [5, 5.41) is 9.77. The van der Waals surface area contributed by atoms with Gasteiger partial charge in [0.1, 0.15) is 6.04 Å². The van der Waals surface area contributed by atoms with Crippen LogP contribution in [0.2, 0.25) is 10.0 Å². The lowest BCUT2D eigenvalue weighted by molar-refractivity contribution is -0.132. The zero-order valence-corrected chi connectivity index (χ0v) is 17.1. The summed E-state index contributed by atoms with van der Waals surface area (Å²) >= 11 is 12.1. The lowest BCUT2D eigenvalue weighted by atomic mass is 10.00. The topological polar surface area (TPSA) is 95.5 Å². The van der Waals surface area contributed by atoms with Crippen LogP contribution in [0.1, 0.15) is 20.3 Å². The third-order valence-electron chi connectivity index (χ3n) is 4.27. The maximum atomic E-state index is 12.8. The number of amides is 1. The molecule has 2 aromatic carbocycles. The van der Waals surface area contributed by atoms with Crippen LogP contribution < -0.4 is 10.2 Å². The summed E-state index contributed by atoms with van der Waals surface area (Å²) in [6.45, 7) is 3.53. The highest BCUT2D eigenvalue weighted by molar-refractivity contribution is 7.89. The molecule has 2 atom stereocenters. The van der Waals surface area contributed by atoms with Gasteiger partial charge in [-0.2, -0.15) is 4.72 Å². The molecule has 0 heterocycles. The predicted octanol–water partition coefficient (Wildman–Crippen LogP) is 3.86. The highest BCUT2D eigenvalue weighted by atomic mass is 35.5. The molecule has 0 fully saturated rings. The van der Waals surface area contributed by atoms with Crippen molar-refractivity contribution in [1.29, 1.82) is 0 Å². The summed E-state index contributed by atoms with van der Waals surface area (Å²) in [7, 11) is -4.01. The minimum absolute atomic E-state index is 0.0231. The van der Waals surface area contributed by atoms with Crippen molar-refractivity contribution in [1.82, 2.24) is 10.2 Å². The van der Waals surface area contributed by atoms with E-state index in [-0.39, 0.29) is 10.8 Å². The third kappa shape index (κ3) is 5.21. The van der Waals surface area contributed by atoms with Gasteiger partial charge in [0.25, 0.3) is 5.91 Å². The number of carbonyl (C=O) groups is 1. The monoisotopic (exact) mass is 430 g/mol. The molecule has 27 heavy (non-hydrogen) atoms. The van der Waals surface area contributed by atoms with E-state index in [1.54, 1.807) is 37.3 Å². The van der Waals surface area contributed by atoms with Crippen molar-refractivity contribution in [2.24, 2.45) is 5.92 Å². The SMILES string of the molecule is CC[C@H](C)[C@H](NS(=O)(=O)c1cccc(-c2ccc(Cl)cc2Cl)c1)C(=O)NO. The van der Waals surface area contributed by atoms with E-state index in [9.17, 15) is 13.2 Å². The molecule has 0 saturated carbocycles. The number of hydrogen-bond donors (Lipinski definition) is 3. The average molecular weight is 431 g/mol. The Morgan fingerprint density at radius 1 is 1.19 bits per heavy atom. The molecule has 1 amide bonds. The van der Waals surface area contributed by atoms with Crippen LogP contribution in [0.4, 0.5) is 0 Å². The van der Waals surface area contributed by atoms with Gasteiger partial charge >= 0.3 is 0 Å². The van der Waals surface area contributed by atoms with Gasteiger partial charge in [0, 0.05) is 15.6 Å². The lowest BCUT2D eigenvalue weighted by Gasteiger charge is -2.22.